The van der Waals surface area contributed by atoms with Gasteiger partial charge in [-0.05, 0) is 62.8 Å². The fourth-order valence-electron chi connectivity index (χ4n) is 4.39. The SMILES string of the molecule is CCC1(CC)CC(NCC2CC3C=CC2C3)CCO1. The van der Waals surface area contributed by atoms with E-state index in [-0.39, 0.29) is 5.60 Å². The Kier molecular flexibility index (Phi) is 4.00. The van der Waals surface area contributed by atoms with E-state index in [1.807, 2.05) is 0 Å². The quantitative estimate of drug-likeness (QED) is 0.766. The lowest BCUT2D eigenvalue weighted by Gasteiger charge is -2.40. The molecule has 0 spiro atoms. The molecule has 1 saturated carbocycles. The molecule has 4 atom stereocenters. The van der Waals surface area contributed by atoms with Gasteiger partial charge in [-0.25, -0.2) is 0 Å². The van der Waals surface area contributed by atoms with Crippen LogP contribution in [0.25, 0.3) is 0 Å². The maximum absolute atomic E-state index is 6.06. The number of nitrogens with one attached hydrogen (secondary N) is 1. The average Bonchev–Trinajstić information content (AvgIpc) is 3.08. The van der Waals surface area contributed by atoms with Crippen molar-refractivity contribution in [1.29, 1.82) is 0 Å². The van der Waals surface area contributed by atoms with Crippen molar-refractivity contribution < 1.29 is 4.74 Å². The molecular weight excluding hydrogens is 234 g/mol. The van der Waals surface area contributed by atoms with Gasteiger partial charge in [0.05, 0.1) is 5.60 Å². The lowest BCUT2D eigenvalue weighted by Crippen LogP contribution is -2.47. The van der Waals surface area contributed by atoms with Crippen molar-refractivity contribution >= 4 is 0 Å². The minimum absolute atomic E-state index is 0.157. The van der Waals surface area contributed by atoms with Gasteiger partial charge in [0.2, 0.25) is 0 Å². The second-order valence-electron chi connectivity index (χ2n) is 6.88. The predicted octanol–water partition coefficient (Wildman–Crippen LogP) is 3.53. The highest BCUT2D eigenvalue weighted by atomic mass is 16.5. The number of rotatable bonds is 5. The third kappa shape index (κ3) is 2.75. The zero-order chi connectivity index (χ0) is 13.3. The molecule has 2 aliphatic carbocycles. The van der Waals surface area contributed by atoms with E-state index in [0.29, 0.717) is 6.04 Å². The van der Waals surface area contributed by atoms with Crippen molar-refractivity contribution in [2.75, 3.05) is 13.2 Å². The highest BCUT2D eigenvalue weighted by Gasteiger charge is 2.37. The summed E-state index contributed by atoms with van der Waals surface area (Å²) in [6.45, 7) is 6.70. The van der Waals surface area contributed by atoms with Gasteiger partial charge in [0.1, 0.15) is 0 Å². The Bertz CT molecular complexity index is 334. The Labute approximate surface area is 118 Å². The third-order valence-corrected chi connectivity index (χ3v) is 5.87. The van der Waals surface area contributed by atoms with Gasteiger partial charge in [-0.1, -0.05) is 26.0 Å². The van der Waals surface area contributed by atoms with E-state index in [9.17, 15) is 0 Å². The first-order chi connectivity index (χ1) is 9.24. The molecule has 108 valence electrons. The highest BCUT2D eigenvalue weighted by molar-refractivity contribution is 5.10. The predicted molar refractivity (Wildman–Crippen MR) is 79.1 cm³/mol. The highest BCUT2D eigenvalue weighted by Crippen LogP contribution is 2.43. The van der Waals surface area contributed by atoms with Crippen LogP contribution in [0.1, 0.15) is 52.4 Å². The molecule has 3 aliphatic rings. The Morgan fingerprint density at radius 1 is 1.21 bits per heavy atom. The second kappa shape index (κ2) is 5.57. The first kappa shape index (κ1) is 13.6. The van der Waals surface area contributed by atoms with E-state index in [2.05, 4.69) is 31.3 Å². The molecule has 2 heteroatoms. The molecule has 0 aromatic rings. The van der Waals surface area contributed by atoms with Crippen LogP contribution in [0.3, 0.4) is 0 Å². The number of hydrogen-bond acceptors (Lipinski definition) is 2. The molecule has 1 saturated heterocycles. The Morgan fingerprint density at radius 2 is 2.05 bits per heavy atom. The van der Waals surface area contributed by atoms with Crippen LogP contribution in [0, 0.1) is 17.8 Å². The summed E-state index contributed by atoms with van der Waals surface area (Å²) in [4.78, 5) is 0. The van der Waals surface area contributed by atoms with Gasteiger partial charge in [-0.15, -0.1) is 0 Å². The molecule has 4 unspecified atom stereocenters. The smallest absolute Gasteiger partial charge is 0.0692 e. The van der Waals surface area contributed by atoms with Gasteiger partial charge in [0.15, 0.2) is 0 Å². The fourth-order valence-corrected chi connectivity index (χ4v) is 4.39. The molecule has 1 aliphatic heterocycles. The zero-order valence-electron chi connectivity index (χ0n) is 12.5. The van der Waals surface area contributed by atoms with E-state index in [0.717, 1.165) is 37.2 Å². The molecule has 0 aromatic carbocycles. The third-order valence-electron chi connectivity index (χ3n) is 5.87. The van der Waals surface area contributed by atoms with Gasteiger partial charge in [-0.2, -0.15) is 0 Å². The molecule has 0 aromatic heterocycles. The van der Waals surface area contributed by atoms with Crippen LogP contribution in [-0.2, 0) is 4.74 Å². The van der Waals surface area contributed by atoms with Gasteiger partial charge in [0, 0.05) is 12.6 Å². The van der Waals surface area contributed by atoms with E-state index < -0.39 is 0 Å². The van der Waals surface area contributed by atoms with Crippen LogP contribution in [0.4, 0.5) is 0 Å². The largest absolute Gasteiger partial charge is 0.375 e. The molecule has 19 heavy (non-hydrogen) atoms. The summed E-state index contributed by atoms with van der Waals surface area (Å²) in [6, 6.07) is 0.678. The Morgan fingerprint density at radius 3 is 2.68 bits per heavy atom. The van der Waals surface area contributed by atoms with Crippen LogP contribution in [0.2, 0.25) is 0 Å². The summed E-state index contributed by atoms with van der Waals surface area (Å²) in [6.07, 6.45) is 12.5. The molecule has 3 rings (SSSR count). The Hall–Kier alpha value is -0.340. The fraction of sp³-hybridized carbons (Fsp3) is 0.882. The molecule has 0 radical (unpaired) electrons. The topological polar surface area (TPSA) is 21.3 Å². The normalized spacial score (nSPS) is 39.9. The van der Waals surface area contributed by atoms with Crippen LogP contribution >= 0.6 is 0 Å². The standard InChI is InChI=1S/C17H29NO/c1-3-17(4-2)11-16(7-8-19-17)18-12-15-10-13-5-6-14(15)9-13/h5-6,13-16,18H,3-4,7-12H2,1-2H3. The van der Waals surface area contributed by atoms with Crippen molar-refractivity contribution in [3.8, 4) is 0 Å². The number of ether oxygens (including phenoxy) is 1. The molecule has 1 heterocycles. The molecule has 2 fully saturated rings. The number of hydrogen-bond donors (Lipinski definition) is 1. The van der Waals surface area contributed by atoms with Crippen LogP contribution in [0.15, 0.2) is 12.2 Å². The van der Waals surface area contributed by atoms with Crippen LogP contribution < -0.4 is 5.32 Å². The van der Waals surface area contributed by atoms with Gasteiger partial charge in [0.25, 0.3) is 0 Å². The monoisotopic (exact) mass is 263 g/mol. The maximum Gasteiger partial charge on any atom is 0.0692 e. The van der Waals surface area contributed by atoms with E-state index >= 15 is 0 Å². The average molecular weight is 263 g/mol. The van der Waals surface area contributed by atoms with E-state index in [1.165, 1.54) is 32.2 Å². The lowest BCUT2D eigenvalue weighted by atomic mass is 9.85. The van der Waals surface area contributed by atoms with Crippen LogP contribution in [-0.4, -0.2) is 24.8 Å². The van der Waals surface area contributed by atoms with Crippen molar-refractivity contribution in [1.82, 2.24) is 5.32 Å². The minimum atomic E-state index is 0.157. The summed E-state index contributed by atoms with van der Waals surface area (Å²) in [5, 5.41) is 3.86. The number of fused-ring (bicyclic) bond motifs is 2. The van der Waals surface area contributed by atoms with Gasteiger partial charge in [-0.3, -0.25) is 0 Å². The van der Waals surface area contributed by atoms with Crippen molar-refractivity contribution in [2.24, 2.45) is 17.8 Å². The molecule has 2 bridgehead atoms. The summed E-state index contributed by atoms with van der Waals surface area (Å²) in [5.41, 5.74) is 0.157. The lowest BCUT2D eigenvalue weighted by molar-refractivity contribution is -0.0933. The second-order valence-corrected chi connectivity index (χ2v) is 6.88. The molecule has 2 nitrogen and oxygen atoms in total. The molecular formula is C17H29NO. The first-order valence-corrected chi connectivity index (χ1v) is 8.30. The van der Waals surface area contributed by atoms with E-state index in [4.69, 9.17) is 4.74 Å². The van der Waals surface area contributed by atoms with Crippen molar-refractivity contribution in [3.05, 3.63) is 12.2 Å². The van der Waals surface area contributed by atoms with Gasteiger partial charge < -0.3 is 10.1 Å². The van der Waals surface area contributed by atoms with Crippen molar-refractivity contribution in [2.45, 2.75) is 64.0 Å². The summed E-state index contributed by atoms with van der Waals surface area (Å²) in [7, 11) is 0. The van der Waals surface area contributed by atoms with Crippen LogP contribution in [0.5, 0.6) is 0 Å². The number of allylic oxidation sites excluding steroid dienone is 2. The summed E-state index contributed by atoms with van der Waals surface area (Å²) in [5.74, 6) is 2.67. The Balaban J connectivity index is 1.49. The van der Waals surface area contributed by atoms with Crippen molar-refractivity contribution in [3.63, 3.8) is 0 Å². The zero-order valence-corrected chi connectivity index (χ0v) is 12.5. The minimum Gasteiger partial charge on any atom is -0.375 e. The maximum atomic E-state index is 6.06. The molecule has 0 amide bonds. The van der Waals surface area contributed by atoms with E-state index in [1.54, 1.807) is 0 Å². The summed E-state index contributed by atoms with van der Waals surface area (Å²) < 4.78 is 6.06. The first-order valence-electron chi connectivity index (χ1n) is 8.30. The summed E-state index contributed by atoms with van der Waals surface area (Å²) >= 11 is 0. The van der Waals surface area contributed by atoms with Gasteiger partial charge >= 0.3 is 0 Å². The molecule has 1 N–H and O–H groups in total.